The van der Waals surface area contributed by atoms with E-state index < -0.39 is 9.84 Å². The highest BCUT2D eigenvalue weighted by Crippen LogP contribution is 2.25. The Bertz CT molecular complexity index is 818. The molecular weight excluding hydrogens is 336 g/mol. The Morgan fingerprint density at radius 2 is 2.04 bits per heavy atom. The van der Waals surface area contributed by atoms with Gasteiger partial charge < -0.3 is 10.0 Å². The lowest BCUT2D eigenvalue weighted by molar-refractivity contribution is 0.346. The first-order valence-electron chi connectivity index (χ1n) is 8.37. The van der Waals surface area contributed by atoms with Crippen LogP contribution in [0, 0.1) is 0 Å². The van der Waals surface area contributed by atoms with Crippen molar-refractivity contribution in [2.45, 2.75) is 23.0 Å². The fourth-order valence-electron chi connectivity index (χ4n) is 3.03. The van der Waals surface area contributed by atoms with Crippen LogP contribution in [0.2, 0.25) is 0 Å². The average Bonchev–Trinajstić information content (AvgIpc) is 3.10. The normalized spacial score (nSPS) is 18.8. The van der Waals surface area contributed by atoms with Crippen molar-refractivity contribution >= 4 is 15.9 Å². The zero-order valence-electron chi connectivity index (χ0n) is 14.0. The summed E-state index contributed by atoms with van der Waals surface area (Å²) in [5.41, 5.74) is 1.07. The summed E-state index contributed by atoms with van der Waals surface area (Å²) in [6.45, 7) is 2.20. The number of nitrogens with zero attached hydrogens (tertiary/aromatic N) is 2. The van der Waals surface area contributed by atoms with Gasteiger partial charge in [-0.3, -0.25) is 4.98 Å². The number of aromatic hydroxyl groups is 1. The molecule has 2 aromatic rings. The minimum Gasteiger partial charge on any atom is -0.508 e. The zero-order chi connectivity index (χ0) is 17.7. The molecule has 1 aliphatic rings. The number of benzene rings is 1. The van der Waals surface area contributed by atoms with Crippen molar-refractivity contribution in [3.63, 3.8) is 0 Å². The van der Waals surface area contributed by atoms with Gasteiger partial charge in [0, 0.05) is 25.5 Å². The summed E-state index contributed by atoms with van der Waals surface area (Å²) in [5.74, 6) is 0.0763. The van der Waals surface area contributed by atoms with Crippen molar-refractivity contribution in [3.05, 3.63) is 60.4 Å². The molecule has 0 spiro atoms. The topological polar surface area (TPSA) is 70.5 Å². The van der Waals surface area contributed by atoms with E-state index in [2.05, 4.69) is 16.0 Å². The molecule has 0 aliphatic carbocycles. The maximum Gasteiger partial charge on any atom is 0.182 e. The molecule has 1 aromatic carbocycles. The third-order valence-corrected chi connectivity index (χ3v) is 6.63. The Hall–Kier alpha value is -2.18. The fraction of sp³-hybridized carbons (Fsp3) is 0.316. The van der Waals surface area contributed by atoms with Gasteiger partial charge in [-0.2, -0.15) is 0 Å². The maximum atomic E-state index is 12.7. The van der Waals surface area contributed by atoms with Gasteiger partial charge in [0.2, 0.25) is 0 Å². The first kappa shape index (κ1) is 17.6. The van der Waals surface area contributed by atoms with Crippen molar-refractivity contribution in [2.24, 2.45) is 0 Å². The highest BCUT2D eigenvalue weighted by atomic mass is 32.2. The molecule has 1 aliphatic heterocycles. The van der Waals surface area contributed by atoms with Gasteiger partial charge in [-0.05, 0) is 55.3 Å². The van der Waals surface area contributed by atoms with Crippen LogP contribution in [-0.2, 0) is 9.84 Å². The van der Waals surface area contributed by atoms with E-state index in [-0.39, 0.29) is 15.9 Å². The van der Waals surface area contributed by atoms with Gasteiger partial charge in [0.15, 0.2) is 9.84 Å². The molecule has 0 bridgehead atoms. The number of phenols is 1. The Morgan fingerprint density at radius 3 is 2.76 bits per heavy atom. The summed E-state index contributed by atoms with van der Waals surface area (Å²) in [7, 11) is -3.34. The Labute approximate surface area is 148 Å². The van der Waals surface area contributed by atoms with Crippen LogP contribution in [0.4, 0.5) is 0 Å². The maximum absolute atomic E-state index is 12.7. The molecule has 5 nitrogen and oxygen atoms in total. The summed E-state index contributed by atoms with van der Waals surface area (Å²) >= 11 is 0. The number of hydrogen-bond donors (Lipinski definition) is 1. The van der Waals surface area contributed by atoms with E-state index in [0.29, 0.717) is 13.0 Å². The number of rotatable bonds is 6. The molecule has 0 saturated carbocycles. The largest absolute Gasteiger partial charge is 0.508 e. The Balaban J connectivity index is 1.53. The SMILES string of the molecule is O=S(=O)(c1ccc(O)cc1)C1CCN(CC/C=C/c2cccnc2)C1. The molecule has 0 amide bonds. The monoisotopic (exact) mass is 358 g/mol. The van der Waals surface area contributed by atoms with E-state index in [4.69, 9.17) is 0 Å². The lowest BCUT2D eigenvalue weighted by Crippen LogP contribution is -2.27. The van der Waals surface area contributed by atoms with Gasteiger partial charge in [-0.15, -0.1) is 0 Å². The van der Waals surface area contributed by atoms with Gasteiger partial charge in [0.1, 0.15) is 5.75 Å². The number of likely N-dealkylation sites (tertiary alicyclic amines) is 1. The minimum atomic E-state index is -3.34. The van der Waals surface area contributed by atoms with Crippen LogP contribution in [0.25, 0.3) is 6.08 Å². The van der Waals surface area contributed by atoms with E-state index in [9.17, 15) is 13.5 Å². The molecular formula is C19H22N2O3S. The van der Waals surface area contributed by atoms with E-state index in [1.54, 1.807) is 6.20 Å². The molecule has 1 atom stereocenters. The van der Waals surface area contributed by atoms with E-state index in [0.717, 1.165) is 25.1 Å². The van der Waals surface area contributed by atoms with Gasteiger partial charge in [0.25, 0.3) is 0 Å². The second-order valence-corrected chi connectivity index (χ2v) is 8.46. The van der Waals surface area contributed by atoms with Crippen LogP contribution in [0.1, 0.15) is 18.4 Å². The van der Waals surface area contributed by atoms with Gasteiger partial charge >= 0.3 is 0 Å². The van der Waals surface area contributed by atoms with Gasteiger partial charge in [-0.25, -0.2) is 8.42 Å². The van der Waals surface area contributed by atoms with E-state index >= 15 is 0 Å². The molecule has 132 valence electrons. The Kier molecular flexibility index (Phi) is 5.50. The van der Waals surface area contributed by atoms with Crippen LogP contribution < -0.4 is 0 Å². The van der Waals surface area contributed by atoms with E-state index in [1.165, 1.54) is 24.3 Å². The Morgan fingerprint density at radius 1 is 1.24 bits per heavy atom. The molecule has 0 radical (unpaired) electrons. The second kappa shape index (κ2) is 7.80. The summed E-state index contributed by atoms with van der Waals surface area (Å²) in [6, 6.07) is 9.69. The standard InChI is InChI=1S/C19H22N2O3S/c22-17-6-8-18(9-7-17)25(23,24)19-10-13-21(15-19)12-2-1-4-16-5-3-11-20-14-16/h1,3-9,11,14,19,22H,2,10,12-13,15H2/b4-1+. The summed E-state index contributed by atoms with van der Waals surface area (Å²) < 4.78 is 25.4. The summed E-state index contributed by atoms with van der Waals surface area (Å²) in [5, 5.41) is 8.94. The molecule has 3 rings (SSSR count). The van der Waals surface area contributed by atoms with Crippen LogP contribution >= 0.6 is 0 Å². The summed E-state index contributed by atoms with van der Waals surface area (Å²) in [4.78, 5) is 6.54. The van der Waals surface area contributed by atoms with Crippen molar-refractivity contribution in [3.8, 4) is 5.75 Å². The van der Waals surface area contributed by atoms with Crippen LogP contribution in [0.3, 0.4) is 0 Å². The van der Waals surface area contributed by atoms with Crippen molar-refractivity contribution in [1.82, 2.24) is 9.88 Å². The smallest absolute Gasteiger partial charge is 0.182 e. The number of pyridine rings is 1. The zero-order valence-corrected chi connectivity index (χ0v) is 14.8. The van der Waals surface area contributed by atoms with Crippen LogP contribution in [0.15, 0.2) is 59.8 Å². The molecule has 1 N–H and O–H groups in total. The lowest BCUT2D eigenvalue weighted by Gasteiger charge is -2.15. The van der Waals surface area contributed by atoms with Crippen molar-refractivity contribution in [1.29, 1.82) is 0 Å². The predicted octanol–water partition coefficient (Wildman–Crippen LogP) is 2.74. The average molecular weight is 358 g/mol. The number of phenolic OH excluding ortho intramolecular Hbond substituents is 1. The minimum absolute atomic E-state index is 0.0763. The molecule has 1 unspecified atom stereocenters. The third-order valence-electron chi connectivity index (χ3n) is 4.44. The van der Waals surface area contributed by atoms with Gasteiger partial charge in [-0.1, -0.05) is 18.2 Å². The van der Waals surface area contributed by atoms with Crippen LogP contribution in [0.5, 0.6) is 5.75 Å². The molecule has 25 heavy (non-hydrogen) atoms. The predicted molar refractivity (Wildman–Crippen MR) is 98.0 cm³/mol. The van der Waals surface area contributed by atoms with Crippen molar-refractivity contribution < 1.29 is 13.5 Å². The molecule has 2 heterocycles. The first-order chi connectivity index (χ1) is 12.1. The third kappa shape index (κ3) is 4.46. The molecule has 1 fully saturated rings. The van der Waals surface area contributed by atoms with E-state index in [1.807, 2.05) is 24.4 Å². The number of aromatic nitrogens is 1. The summed E-state index contributed by atoms with van der Waals surface area (Å²) in [6.07, 6.45) is 9.21. The molecule has 1 aromatic heterocycles. The number of sulfone groups is 1. The van der Waals surface area contributed by atoms with Crippen molar-refractivity contribution in [2.75, 3.05) is 19.6 Å². The van der Waals surface area contributed by atoms with Crippen LogP contribution in [-0.4, -0.2) is 48.3 Å². The number of hydrogen-bond acceptors (Lipinski definition) is 5. The molecule has 6 heteroatoms. The highest BCUT2D eigenvalue weighted by molar-refractivity contribution is 7.92. The lowest BCUT2D eigenvalue weighted by atomic mass is 10.2. The molecule has 1 saturated heterocycles. The first-order valence-corrected chi connectivity index (χ1v) is 9.92. The second-order valence-electron chi connectivity index (χ2n) is 6.23. The van der Waals surface area contributed by atoms with Gasteiger partial charge in [0.05, 0.1) is 10.1 Å². The quantitative estimate of drug-likeness (QED) is 0.860. The fourth-order valence-corrected chi connectivity index (χ4v) is 4.76. The highest BCUT2D eigenvalue weighted by Gasteiger charge is 2.33.